The van der Waals surface area contributed by atoms with Gasteiger partial charge in [-0.1, -0.05) is 0 Å². The van der Waals surface area contributed by atoms with E-state index in [0.29, 0.717) is 5.56 Å². The van der Waals surface area contributed by atoms with Crippen LogP contribution in [0.5, 0.6) is 0 Å². The lowest BCUT2D eigenvalue weighted by atomic mass is 10.1. The SMILES string of the molecule is Cc1cc(C=C2SC(=O)N(CC(=O)c3ccc([N+](=O)[O-])cc3)C2=O)c(C)n1-c1ccc(C(=O)O)cc1. The Morgan fingerprint density at radius 1 is 1.03 bits per heavy atom. The van der Waals surface area contributed by atoms with Gasteiger partial charge in [-0.05, 0) is 79.7 Å². The number of carboxylic acid groups (broad SMARTS) is 1. The standard InChI is InChI=1S/C25H19N3O7S/c1-14-11-18(15(2)27(14)19-7-5-17(6-8-19)24(31)32)12-22-23(30)26(25(33)36-22)13-21(29)16-3-9-20(10-4-16)28(34)35/h3-12H,13H2,1-2H3,(H,31,32). The third-order valence-corrected chi connectivity index (χ3v) is 6.61. The molecule has 0 unspecified atom stereocenters. The minimum Gasteiger partial charge on any atom is -0.478 e. The summed E-state index contributed by atoms with van der Waals surface area (Å²) < 4.78 is 1.90. The molecule has 2 amide bonds. The van der Waals surface area contributed by atoms with Crippen molar-refractivity contribution in [2.45, 2.75) is 13.8 Å². The number of nitrogens with zero attached hydrogens (tertiary/aromatic N) is 3. The molecule has 0 atom stereocenters. The van der Waals surface area contributed by atoms with Crippen LogP contribution in [0.2, 0.25) is 0 Å². The highest BCUT2D eigenvalue weighted by Crippen LogP contribution is 2.34. The minimum atomic E-state index is -1.02. The van der Waals surface area contributed by atoms with Crippen molar-refractivity contribution in [3.63, 3.8) is 0 Å². The maximum Gasteiger partial charge on any atom is 0.335 e. The van der Waals surface area contributed by atoms with Crippen molar-refractivity contribution in [2.75, 3.05) is 6.54 Å². The molecule has 10 nitrogen and oxygen atoms in total. The molecule has 2 aromatic carbocycles. The van der Waals surface area contributed by atoms with E-state index in [-0.39, 0.29) is 21.7 Å². The summed E-state index contributed by atoms with van der Waals surface area (Å²) in [5.74, 6) is -2.14. The van der Waals surface area contributed by atoms with Gasteiger partial charge in [0, 0.05) is 34.8 Å². The average Bonchev–Trinajstić information content (AvgIpc) is 3.27. The fourth-order valence-corrected chi connectivity index (χ4v) is 4.69. The quantitative estimate of drug-likeness (QED) is 0.212. The number of rotatable bonds is 7. The van der Waals surface area contributed by atoms with E-state index in [2.05, 4.69) is 0 Å². The van der Waals surface area contributed by atoms with Crippen molar-refractivity contribution < 1.29 is 29.2 Å². The fraction of sp³-hybridized carbons (Fsp3) is 0.120. The van der Waals surface area contributed by atoms with Crippen LogP contribution < -0.4 is 0 Å². The second-order valence-electron chi connectivity index (χ2n) is 8.01. The number of Topliss-reactive ketones (excluding diaryl/α,β-unsaturated/α-hetero) is 1. The van der Waals surface area contributed by atoms with E-state index in [4.69, 9.17) is 5.11 Å². The Kier molecular flexibility index (Phi) is 6.58. The topological polar surface area (TPSA) is 140 Å². The molecule has 1 aromatic heterocycles. The van der Waals surface area contributed by atoms with Crippen molar-refractivity contribution in [3.8, 4) is 5.69 Å². The number of ketones is 1. The van der Waals surface area contributed by atoms with Crippen molar-refractivity contribution >= 4 is 46.4 Å². The predicted molar refractivity (Wildman–Crippen MR) is 132 cm³/mol. The van der Waals surface area contributed by atoms with E-state index in [0.717, 1.165) is 33.7 Å². The van der Waals surface area contributed by atoms with E-state index in [9.17, 15) is 29.3 Å². The Balaban J connectivity index is 1.55. The smallest absolute Gasteiger partial charge is 0.335 e. The van der Waals surface area contributed by atoms with Gasteiger partial charge in [0.1, 0.15) is 0 Å². The molecular weight excluding hydrogens is 486 g/mol. The maximum absolute atomic E-state index is 12.9. The Hall–Kier alpha value is -4.51. The third kappa shape index (κ3) is 4.68. The maximum atomic E-state index is 12.9. The van der Waals surface area contributed by atoms with Crippen LogP contribution in [0.1, 0.15) is 37.7 Å². The number of aromatic carboxylic acids is 1. The zero-order chi connectivity index (χ0) is 26.1. The number of non-ortho nitro benzene ring substituents is 1. The lowest BCUT2D eigenvalue weighted by Gasteiger charge is -2.11. The Bertz CT molecular complexity index is 1450. The van der Waals surface area contributed by atoms with Gasteiger partial charge in [0.05, 0.1) is 21.9 Å². The minimum absolute atomic E-state index is 0.154. The lowest BCUT2D eigenvalue weighted by molar-refractivity contribution is -0.384. The number of benzene rings is 2. The average molecular weight is 506 g/mol. The third-order valence-electron chi connectivity index (χ3n) is 5.70. The molecule has 0 saturated carbocycles. The van der Waals surface area contributed by atoms with Gasteiger partial charge in [0.2, 0.25) is 0 Å². The molecule has 11 heteroatoms. The van der Waals surface area contributed by atoms with Crippen molar-refractivity contribution in [2.24, 2.45) is 0 Å². The normalized spacial score (nSPS) is 14.5. The summed E-state index contributed by atoms with van der Waals surface area (Å²) in [6.07, 6.45) is 1.59. The van der Waals surface area contributed by atoms with Crippen LogP contribution >= 0.6 is 11.8 Å². The molecule has 1 aliphatic heterocycles. The molecule has 0 aliphatic carbocycles. The van der Waals surface area contributed by atoms with E-state index in [1.807, 2.05) is 24.5 Å². The van der Waals surface area contributed by atoms with Crippen LogP contribution in [0, 0.1) is 24.0 Å². The number of hydrogen-bond acceptors (Lipinski definition) is 7. The molecule has 0 bridgehead atoms. The predicted octanol–water partition coefficient (Wildman–Crippen LogP) is 4.62. The fourth-order valence-electron chi connectivity index (χ4n) is 3.87. The number of thioether (sulfide) groups is 1. The number of hydrogen-bond donors (Lipinski definition) is 1. The van der Waals surface area contributed by atoms with Gasteiger partial charge in [0.15, 0.2) is 5.78 Å². The Morgan fingerprint density at radius 2 is 1.64 bits per heavy atom. The van der Waals surface area contributed by atoms with E-state index in [1.165, 1.54) is 36.4 Å². The van der Waals surface area contributed by atoms with Crippen LogP contribution in [0.25, 0.3) is 11.8 Å². The molecule has 182 valence electrons. The van der Waals surface area contributed by atoms with Crippen molar-refractivity contribution in [1.29, 1.82) is 0 Å². The summed E-state index contributed by atoms with van der Waals surface area (Å²) in [6, 6.07) is 13.2. The van der Waals surface area contributed by atoms with Gasteiger partial charge >= 0.3 is 5.97 Å². The molecule has 0 radical (unpaired) electrons. The summed E-state index contributed by atoms with van der Waals surface area (Å²) in [5, 5.41) is 19.3. The molecule has 1 fully saturated rings. The summed E-state index contributed by atoms with van der Waals surface area (Å²) >= 11 is 0.727. The first kappa shape index (κ1) is 24.6. The zero-order valence-corrected chi connectivity index (χ0v) is 19.9. The van der Waals surface area contributed by atoms with Gasteiger partial charge in [-0.2, -0.15) is 0 Å². The van der Waals surface area contributed by atoms with E-state index in [1.54, 1.807) is 18.2 Å². The van der Waals surface area contributed by atoms with Gasteiger partial charge in [0.25, 0.3) is 16.8 Å². The molecule has 1 N–H and O–H groups in total. The van der Waals surface area contributed by atoms with Crippen molar-refractivity contribution in [3.05, 3.63) is 97.7 Å². The van der Waals surface area contributed by atoms with Crippen LogP contribution in [-0.4, -0.2) is 48.9 Å². The molecule has 4 rings (SSSR count). The van der Waals surface area contributed by atoms with Crippen LogP contribution in [-0.2, 0) is 4.79 Å². The molecule has 3 aromatic rings. The summed E-state index contributed by atoms with van der Waals surface area (Å²) in [4.78, 5) is 60.3. The Labute approximate surface area is 209 Å². The first-order valence-corrected chi connectivity index (χ1v) is 11.4. The number of carbonyl (C=O) groups excluding carboxylic acids is 3. The summed E-state index contributed by atoms with van der Waals surface area (Å²) in [7, 11) is 0. The van der Waals surface area contributed by atoms with Crippen LogP contribution in [0.15, 0.2) is 59.5 Å². The highest BCUT2D eigenvalue weighted by molar-refractivity contribution is 8.18. The van der Waals surface area contributed by atoms with Gasteiger partial charge in [-0.3, -0.25) is 29.4 Å². The number of nitro benzene ring substituents is 1. The number of nitro groups is 1. The van der Waals surface area contributed by atoms with Crippen LogP contribution in [0.4, 0.5) is 10.5 Å². The van der Waals surface area contributed by atoms with E-state index >= 15 is 0 Å². The number of amides is 2. The van der Waals surface area contributed by atoms with Gasteiger partial charge < -0.3 is 9.67 Å². The Morgan fingerprint density at radius 3 is 2.22 bits per heavy atom. The van der Waals surface area contributed by atoms with E-state index < -0.39 is 34.4 Å². The highest BCUT2D eigenvalue weighted by Gasteiger charge is 2.36. The second-order valence-corrected chi connectivity index (χ2v) is 9.00. The zero-order valence-electron chi connectivity index (χ0n) is 19.1. The van der Waals surface area contributed by atoms with Gasteiger partial charge in [-0.15, -0.1) is 0 Å². The number of aryl methyl sites for hydroxylation is 1. The largest absolute Gasteiger partial charge is 0.478 e. The van der Waals surface area contributed by atoms with Crippen molar-refractivity contribution in [1.82, 2.24) is 9.47 Å². The first-order valence-electron chi connectivity index (χ1n) is 10.6. The summed E-state index contributed by atoms with van der Waals surface area (Å²) in [6.45, 7) is 3.23. The molecular formula is C25H19N3O7S. The van der Waals surface area contributed by atoms with Gasteiger partial charge in [-0.25, -0.2) is 4.79 Å². The number of imide groups is 1. The molecule has 1 saturated heterocycles. The highest BCUT2D eigenvalue weighted by atomic mass is 32.2. The molecule has 0 spiro atoms. The summed E-state index contributed by atoms with van der Waals surface area (Å²) in [5.41, 5.74) is 3.22. The lowest BCUT2D eigenvalue weighted by Crippen LogP contribution is -2.33. The number of carbonyl (C=O) groups is 4. The van der Waals surface area contributed by atoms with Crippen LogP contribution in [0.3, 0.4) is 0 Å². The number of aromatic nitrogens is 1. The molecule has 1 aliphatic rings. The monoisotopic (exact) mass is 505 g/mol. The first-order chi connectivity index (χ1) is 17.1. The molecule has 2 heterocycles. The molecule has 36 heavy (non-hydrogen) atoms. The number of carboxylic acids is 1. The second kappa shape index (κ2) is 9.62.